The number of benzene rings is 1. The number of para-hydroxylation sites is 1. The van der Waals surface area contributed by atoms with Gasteiger partial charge in [0, 0.05) is 24.2 Å². The van der Waals surface area contributed by atoms with Gasteiger partial charge in [0.25, 0.3) is 0 Å². The van der Waals surface area contributed by atoms with E-state index in [1.54, 1.807) is 0 Å². The Morgan fingerprint density at radius 1 is 1.28 bits per heavy atom. The van der Waals surface area contributed by atoms with Gasteiger partial charge in [-0.3, -0.25) is 4.79 Å². The van der Waals surface area contributed by atoms with E-state index in [9.17, 15) is 4.79 Å². The number of carbonyl (C=O) groups is 1. The lowest BCUT2D eigenvalue weighted by atomic mass is 10.2. The predicted molar refractivity (Wildman–Crippen MR) is 104 cm³/mol. The van der Waals surface area contributed by atoms with E-state index >= 15 is 0 Å². The fourth-order valence-corrected chi connectivity index (χ4v) is 3.79. The van der Waals surface area contributed by atoms with Crippen molar-refractivity contribution in [1.82, 2.24) is 14.9 Å². The maximum Gasteiger partial charge on any atom is 0.237 e. The molecule has 3 rings (SSSR count). The Labute approximate surface area is 152 Å². The van der Waals surface area contributed by atoms with E-state index in [-0.39, 0.29) is 5.91 Å². The minimum Gasteiger partial charge on any atom is -0.370 e. The van der Waals surface area contributed by atoms with Crippen LogP contribution >= 0.6 is 11.8 Å². The SMILES string of the molecule is CCNc1nc(SCC(=O)N(CC)C2=CCCC2)nc2ccccc12. The summed E-state index contributed by atoms with van der Waals surface area (Å²) >= 11 is 1.41. The third-order valence-electron chi connectivity index (χ3n) is 4.23. The molecule has 0 bridgehead atoms. The average Bonchev–Trinajstić information content (AvgIpc) is 3.15. The standard InChI is InChI=1S/C19H24N4OS/c1-3-20-18-15-11-7-8-12-16(15)21-19(22-18)25-13-17(24)23(4-2)14-9-5-6-10-14/h7-9,11-12H,3-6,10,13H2,1-2H3,(H,20,21,22). The number of nitrogens with zero attached hydrogens (tertiary/aromatic N) is 3. The Hall–Kier alpha value is -2.08. The Bertz CT molecular complexity index is 790. The number of rotatable bonds is 7. The topological polar surface area (TPSA) is 58.1 Å². The molecule has 0 spiro atoms. The Morgan fingerprint density at radius 3 is 2.84 bits per heavy atom. The number of fused-ring (bicyclic) bond motifs is 1. The monoisotopic (exact) mass is 356 g/mol. The highest BCUT2D eigenvalue weighted by atomic mass is 32.2. The number of hydrogen-bond donors (Lipinski definition) is 1. The molecule has 0 radical (unpaired) electrons. The van der Waals surface area contributed by atoms with Gasteiger partial charge in [0.15, 0.2) is 5.16 Å². The summed E-state index contributed by atoms with van der Waals surface area (Å²) in [5, 5.41) is 4.93. The molecule has 132 valence electrons. The van der Waals surface area contributed by atoms with Gasteiger partial charge in [-0.2, -0.15) is 0 Å². The number of amides is 1. The highest BCUT2D eigenvalue weighted by molar-refractivity contribution is 7.99. The van der Waals surface area contributed by atoms with Crippen molar-refractivity contribution < 1.29 is 4.79 Å². The van der Waals surface area contributed by atoms with E-state index in [2.05, 4.69) is 21.4 Å². The number of nitrogens with one attached hydrogen (secondary N) is 1. The zero-order valence-corrected chi connectivity index (χ0v) is 15.6. The highest BCUT2D eigenvalue weighted by Gasteiger charge is 2.19. The molecule has 1 N–H and O–H groups in total. The van der Waals surface area contributed by atoms with Crippen molar-refractivity contribution in [3.8, 4) is 0 Å². The highest BCUT2D eigenvalue weighted by Crippen LogP contribution is 2.26. The van der Waals surface area contributed by atoms with Gasteiger partial charge < -0.3 is 10.2 Å². The Balaban J connectivity index is 1.75. The van der Waals surface area contributed by atoms with Crippen molar-refractivity contribution in [2.24, 2.45) is 0 Å². The van der Waals surface area contributed by atoms with E-state index in [1.165, 1.54) is 17.5 Å². The normalized spacial score (nSPS) is 13.8. The van der Waals surface area contributed by atoms with Gasteiger partial charge in [0.05, 0.1) is 11.3 Å². The molecule has 1 aliphatic rings. The lowest BCUT2D eigenvalue weighted by molar-refractivity contribution is -0.126. The molecule has 1 aromatic carbocycles. The zero-order chi connectivity index (χ0) is 17.6. The molecule has 0 saturated carbocycles. The van der Waals surface area contributed by atoms with Crippen LogP contribution in [0.5, 0.6) is 0 Å². The predicted octanol–water partition coefficient (Wildman–Crippen LogP) is 4.07. The first-order valence-corrected chi connectivity index (χ1v) is 9.84. The van der Waals surface area contributed by atoms with E-state index in [1.807, 2.05) is 43.0 Å². The van der Waals surface area contributed by atoms with Crippen LogP contribution in [0.2, 0.25) is 0 Å². The largest absolute Gasteiger partial charge is 0.370 e. The lowest BCUT2D eigenvalue weighted by Gasteiger charge is -2.22. The van der Waals surface area contributed by atoms with Crippen LogP contribution in [0.15, 0.2) is 41.2 Å². The van der Waals surface area contributed by atoms with Crippen LogP contribution in [0, 0.1) is 0 Å². The van der Waals surface area contributed by atoms with Gasteiger partial charge in [0.2, 0.25) is 5.91 Å². The van der Waals surface area contributed by atoms with Crippen molar-refractivity contribution in [3.05, 3.63) is 36.0 Å². The van der Waals surface area contributed by atoms with Gasteiger partial charge >= 0.3 is 0 Å². The number of hydrogen-bond acceptors (Lipinski definition) is 5. The van der Waals surface area contributed by atoms with Crippen molar-refractivity contribution in [1.29, 1.82) is 0 Å². The first-order chi connectivity index (χ1) is 12.2. The van der Waals surface area contributed by atoms with Gasteiger partial charge in [0.1, 0.15) is 5.82 Å². The van der Waals surface area contributed by atoms with Crippen LogP contribution in [-0.4, -0.2) is 39.6 Å². The number of thioether (sulfide) groups is 1. The molecule has 25 heavy (non-hydrogen) atoms. The third kappa shape index (κ3) is 4.12. The smallest absolute Gasteiger partial charge is 0.237 e. The second-order valence-electron chi connectivity index (χ2n) is 5.92. The van der Waals surface area contributed by atoms with Crippen molar-refractivity contribution >= 4 is 34.4 Å². The summed E-state index contributed by atoms with van der Waals surface area (Å²) in [4.78, 5) is 23.7. The van der Waals surface area contributed by atoms with Gasteiger partial charge in [-0.15, -0.1) is 0 Å². The van der Waals surface area contributed by atoms with Crippen LogP contribution in [0.4, 0.5) is 5.82 Å². The summed E-state index contributed by atoms with van der Waals surface area (Å²) in [7, 11) is 0. The van der Waals surface area contributed by atoms with Crippen LogP contribution in [0.25, 0.3) is 10.9 Å². The molecule has 6 heteroatoms. The molecule has 1 aliphatic carbocycles. The average molecular weight is 356 g/mol. The molecule has 1 amide bonds. The molecule has 5 nitrogen and oxygen atoms in total. The number of aromatic nitrogens is 2. The molecule has 0 unspecified atom stereocenters. The van der Waals surface area contributed by atoms with Crippen LogP contribution in [0.1, 0.15) is 33.1 Å². The summed E-state index contributed by atoms with van der Waals surface area (Å²) in [6.45, 7) is 5.58. The Kier molecular flexibility index (Phi) is 5.91. The Morgan fingerprint density at radius 2 is 2.12 bits per heavy atom. The van der Waals surface area contributed by atoms with Crippen LogP contribution < -0.4 is 5.32 Å². The quantitative estimate of drug-likeness (QED) is 0.599. The maximum atomic E-state index is 12.6. The van der Waals surface area contributed by atoms with E-state index < -0.39 is 0 Å². The second kappa shape index (κ2) is 8.34. The molecular formula is C19H24N4OS. The van der Waals surface area contributed by atoms with Gasteiger partial charge in [-0.25, -0.2) is 9.97 Å². The number of carbonyl (C=O) groups excluding carboxylic acids is 1. The molecule has 1 heterocycles. The lowest BCUT2D eigenvalue weighted by Crippen LogP contribution is -2.31. The summed E-state index contributed by atoms with van der Waals surface area (Å²) in [5.74, 6) is 1.31. The summed E-state index contributed by atoms with van der Waals surface area (Å²) < 4.78 is 0. The number of allylic oxidation sites excluding steroid dienone is 2. The van der Waals surface area contributed by atoms with Crippen molar-refractivity contribution in [2.75, 3.05) is 24.2 Å². The van der Waals surface area contributed by atoms with Crippen LogP contribution in [-0.2, 0) is 4.79 Å². The molecular weight excluding hydrogens is 332 g/mol. The molecule has 0 atom stereocenters. The van der Waals surface area contributed by atoms with Crippen LogP contribution in [0.3, 0.4) is 0 Å². The third-order valence-corrected chi connectivity index (χ3v) is 5.06. The van der Waals surface area contributed by atoms with E-state index in [0.717, 1.165) is 42.5 Å². The second-order valence-corrected chi connectivity index (χ2v) is 6.86. The summed E-state index contributed by atoms with van der Waals surface area (Å²) in [5.41, 5.74) is 2.06. The fraction of sp³-hybridized carbons (Fsp3) is 0.421. The minimum atomic E-state index is 0.127. The molecule has 2 aromatic rings. The van der Waals surface area contributed by atoms with Crippen molar-refractivity contribution in [3.63, 3.8) is 0 Å². The molecule has 1 aromatic heterocycles. The minimum absolute atomic E-state index is 0.127. The van der Waals surface area contributed by atoms with E-state index in [0.29, 0.717) is 17.5 Å². The van der Waals surface area contributed by atoms with E-state index in [4.69, 9.17) is 0 Å². The molecule has 0 fully saturated rings. The first kappa shape index (κ1) is 17.7. The maximum absolute atomic E-state index is 12.6. The molecule has 0 aliphatic heterocycles. The first-order valence-electron chi connectivity index (χ1n) is 8.85. The number of anilines is 1. The van der Waals surface area contributed by atoms with Gasteiger partial charge in [-0.05, 0) is 45.2 Å². The molecule has 0 saturated heterocycles. The fourth-order valence-electron chi connectivity index (χ4n) is 3.06. The van der Waals surface area contributed by atoms with Gasteiger partial charge in [-0.1, -0.05) is 30.0 Å². The summed E-state index contributed by atoms with van der Waals surface area (Å²) in [6, 6.07) is 7.94. The van der Waals surface area contributed by atoms with Crippen molar-refractivity contribution in [2.45, 2.75) is 38.3 Å². The summed E-state index contributed by atoms with van der Waals surface area (Å²) in [6.07, 6.45) is 5.40. The zero-order valence-electron chi connectivity index (χ0n) is 14.8.